The number of benzene rings is 1. The van der Waals surface area contributed by atoms with E-state index in [2.05, 4.69) is 44.0 Å². The molecule has 2 N–H and O–H groups in total. The molecule has 3 rings (SSSR count). The van der Waals surface area contributed by atoms with Gasteiger partial charge in [-0.05, 0) is 64.7 Å². The third-order valence-electron chi connectivity index (χ3n) is 3.46. The summed E-state index contributed by atoms with van der Waals surface area (Å²) < 4.78 is 1.02. The normalized spacial score (nSPS) is 14.3. The number of nitrogens with two attached hydrogens (primary N) is 1. The zero-order valence-corrected chi connectivity index (χ0v) is 12.2. The molecule has 0 atom stereocenters. The highest BCUT2D eigenvalue weighted by Crippen LogP contribution is 2.29. The van der Waals surface area contributed by atoms with Gasteiger partial charge >= 0.3 is 0 Å². The van der Waals surface area contributed by atoms with Crippen molar-refractivity contribution in [3.05, 3.63) is 52.3 Å². The highest BCUT2D eigenvalue weighted by atomic mass is 79.9. The number of halogens is 1. The van der Waals surface area contributed by atoms with E-state index in [1.54, 1.807) is 0 Å². The van der Waals surface area contributed by atoms with Gasteiger partial charge in [0.1, 0.15) is 0 Å². The van der Waals surface area contributed by atoms with Crippen LogP contribution in [0, 0.1) is 0 Å². The molecular weight excluding hydrogens is 302 g/mol. The second kappa shape index (κ2) is 5.21. The van der Waals surface area contributed by atoms with E-state index in [-0.39, 0.29) is 0 Å². The Bertz CT molecular complexity index is 580. The van der Waals surface area contributed by atoms with Crippen LogP contribution in [-0.2, 0) is 13.0 Å². The van der Waals surface area contributed by atoms with Crippen molar-refractivity contribution in [2.45, 2.75) is 19.4 Å². The minimum atomic E-state index is 0.849. The van der Waals surface area contributed by atoms with Gasteiger partial charge in [0, 0.05) is 28.6 Å². The monoisotopic (exact) mass is 317 g/mol. The molecule has 3 nitrogen and oxygen atoms in total. The van der Waals surface area contributed by atoms with Crippen LogP contribution in [0.4, 0.5) is 11.4 Å². The molecule has 1 aromatic heterocycles. The number of hydrogen-bond donors (Lipinski definition) is 1. The highest BCUT2D eigenvalue weighted by molar-refractivity contribution is 9.10. The number of aryl methyl sites for hydroxylation is 1. The fraction of sp³-hybridized carbons (Fsp3) is 0.267. The van der Waals surface area contributed by atoms with Crippen LogP contribution in [-0.4, -0.2) is 11.5 Å². The van der Waals surface area contributed by atoms with Crippen LogP contribution >= 0.6 is 15.9 Å². The van der Waals surface area contributed by atoms with Crippen molar-refractivity contribution in [3.8, 4) is 0 Å². The largest absolute Gasteiger partial charge is 0.399 e. The molecule has 98 valence electrons. The molecule has 0 saturated heterocycles. The van der Waals surface area contributed by atoms with Gasteiger partial charge in [-0.25, -0.2) is 0 Å². The maximum absolute atomic E-state index is 5.86. The average Bonchev–Trinajstić information content (AvgIpc) is 2.41. The minimum absolute atomic E-state index is 0.849. The Hall–Kier alpha value is -1.55. The molecule has 1 aliphatic heterocycles. The Morgan fingerprint density at radius 1 is 1.26 bits per heavy atom. The van der Waals surface area contributed by atoms with Crippen molar-refractivity contribution in [2.24, 2.45) is 0 Å². The Morgan fingerprint density at radius 2 is 2.16 bits per heavy atom. The predicted molar refractivity (Wildman–Crippen MR) is 82.2 cm³/mol. The van der Waals surface area contributed by atoms with E-state index in [1.807, 2.05) is 18.3 Å². The van der Waals surface area contributed by atoms with Gasteiger partial charge in [0.15, 0.2) is 0 Å². The Morgan fingerprint density at radius 3 is 2.95 bits per heavy atom. The number of pyridine rings is 1. The van der Waals surface area contributed by atoms with Crippen LogP contribution in [0.5, 0.6) is 0 Å². The van der Waals surface area contributed by atoms with Gasteiger partial charge in [0.25, 0.3) is 0 Å². The van der Waals surface area contributed by atoms with E-state index in [9.17, 15) is 0 Å². The van der Waals surface area contributed by atoms with Gasteiger partial charge in [0.2, 0.25) is 0 Å². The Labute approximate surface area is 121 Å². The summed E-state index contributed by atoms with van der Waals surface area (Å²) in [7, 11) is 0. The zero-order valence-electron chi connectivity index (χ0n) is 10.6. The van der Waals surface area contributed by atoms with Crippen LogP contribution in [0.1, 0.15) is 17.7 Å². The van der Waals surface area contributed by atoms with Crippen LogP contribution < -0.4 is 10.6 Å². The molecular formula is C15H16BrN3. The van der Waals surface area contributed by atoms with Crippen LogP contribution in [0.3, 0.4) is 0 Å². The third-order valence-corrected chi connectivity index (χ3v) is 3.93. The molecule has 2 heterocycles. The van der Waals surface area contributed by atoms with Crippen molar-refractivity contribution < 1.29 is 0 Å². The minimum Gasteiger partial charge on any atom is -0.399 e. The lowest BCUT2D eigenvalue weighted by molar-refractivity contribution is 0.684. The van der Waals surface area contributed by atoms with Crippen molar-refractivity contribution in [1.29, 1.82) is 0 Å². The van der Waals surface area contributed by atoms with E-state index in [1.165, 1.54) is 17.7 Å². The fourth-order valence-corrected chi connectivity index (χ4v) is 2.79. The number of nitrogens with zero attached hydrogens (tertiary/aromatic N) is 2. The first-order chi connectivity index (χ1) is 9.22. The molecule has 0 saturated carbocycles. The summed E-state index contributed by atoms with van der Waals surface area (Å²) in [6.07, 6.45) is 4.14. The number of fused-ring (bicyclic) bond motifs is 1. The summed E-state index contributed by atoms with van der Waals surface area (Å²) in [4.78, 5) is 6.83. The summed E-state index contributed by atoms with van der Waals surface area (Å²) >= 11 is 3.41. The van der Waals surface area contributed by atoms with Crippen LogP contribution in [0.2, 0.25) is 0 Å². The van der Waals surface area contributed by atoms with Gasteiger partial charge in [-0.15, -0.1) is 0 Å². The second-order valence-corrected chi connectivity index (χ2v) is 5.80. The van der Waals surface area contributed by atoms with Gasteiger partial charge in [-0.3, -0.25) is 4.98 Å². The number of nitrogen functional groups attached to an aromatic ring is 1. The molecule has 19 heavy (non-hydrogen) atoms. The molecule has 0 unspecified atom stereocenters. The predicted octanol–water partition coefficient (Wildman–Crippen LogP) is 3.38. The van der Waals surface area contributed by atoms with Crippen molar-refractivity contribution >= 4 is 27.3 Å². The standard InChI is InChI=1S/C15H16BrN3/c16-12-3-5-14(18-9-12)10-19-7-1-2-11-8-13(17)4-6-15(11)19/h3-6,8-9H,1-2,7,10,17H2. The smallest absolute Gasteiger partial charge is 0.0602 e. The summed E-state index contributed by atoms with van der Waals surface area (Å²) in [6, 6.07) is 10.3. The number of rotatable bonds is 2. The maximum Gasteiger partial charge on any atom is 0.0602 e. The van der Waals surface area contributed by atoms with Crippen molar-refractivity contribution in [2.75, 3.05) is 17.2 Å². The molecule has 2 aromatic rings. The first kappa shape index (κ1) is 12.5. The summed E-state index contributed by atoms with van der Waals surface area (Å²) in [5, 5.41) is 0. The number of aromatic nitrogens is 1. The van der Waals surface area contributed by atoms with Crippen molar-refractivity contribution in [3.63, 3.8) is 0 Å². The number of hydrogen-bond acceptors (Lipinski definition) is 3. The summed E-state index contributed by atoms with van der Waals surface area (Å²) in [5.74, 6) is 0. The van der Waals surface area contributed by atoms with Gasteiger partial charge in [-0.1, -0.05) is 0 Å². The first-order valence-corrected chi connectivity index (χ1v) is 7.25. The second-order valence-electron chi connectivity index (χ2n) is 4.88. The maximum atomic E-state index is 5.86. The van der Waals surface area contributed by atoms with E-state index in [0.29, 0.717) is 0 Å². The molecule has 0 radical (unpaired) electrons. The molecule has 0 amide bonds. The topological polar surface area (TPSA) is 42.1 Å². The van der Waals surface area contributed by atoms with Gasteiger partial charge in [0.05, 0.1) is 12.2 Å². The van der Waals surface area contributed by atoms with E-state index in [4.69, 9.17) is 5.73 Å². The molecule has 0 fully saturated rings. The fourth-order valence-electron chi connectivity index (χ4n) is 2.55. The summed E-state index contributed by atoms with van der Waals surface area (Å²) in [6.45, 7) is 1.93. The zero-order chi connectivity index (χ0) is 13.2. The SMILES string of the molecule is Nc1ccc2c(c1)CCCN2Cc1ccc(Br)cn1. The lowest BCUT2D eigenvalue weighted by atomic mass is 10.0. The molecule has 1 aliphatic rings. The average molecular weight is 318 g/mol. The Kier molecular flexibility index (Phi) is 3.42. The first-order valence-electron chi connectivity index (χ1n) is 6.46. The Balaban J connectivity index is 1.85. The lowest BCUT2D eigenvalue weighted by Gasteiger charge is -2.31. The summed E-state index contributed by atoms with van der Waals surface area (Å²) in [5.41, 5.74) is 10.4. The highest BCUT2D eigenvalue weighted by Gasteiger charge is 2.17. The van der Waals surface area contributed by atoms with Crippen molar-refractivity contribution in [1.82, 2.24) is 4.98 Å². The van der Waals surface area contributed by atoms with E-state index < -0.39 is 0 Å². The van der Waals surface area contributed by atoms with E-state index >= 15 is 0 Å². The van der Waals surface area contributed by atoms with Gasteiger partial charge in [-0.2, -0.15) is 0 Å². The molecule has 0 spiro atoms. The van der Waals surface area contributed by atoms with Crippen LogP contribution in [0.25, 0.3) is 0 Å². The number of anilines is 2. The lowest BCUT2D eigenvalue weighted by Crippen LogP contribution is -2.29. The quantitative estimate of drug-likeness (QED) is 0.863. The van der Waals surface area contributed by atoms with Gasteiger partial charge < -0.3 is 10.6 Å². The molecule has 1 aromatic carbocycles. The van der Waals surface area contributed by atoms with E-state index in [0.717, 1.165) is 35.4 Å². The molecule has 0 aliphatic carbocycles. The van der Waals surface area contributed by atoms with Crippen LogP contribution in [0.15, 0.2) is 41.0 Å². The third kappa shape index (κ3) is 2.73. The molecule has 4 heteroatoms. The molecule has 0 bridgehead atoms.